The number of hydrogen-bond acceptors (Lipinski definition) is 6. The fourth-order valence-electron chi connectivity index (χ4n) is 3.62. The first-order valence-corrected chi connectivity index (χ1v) is 11.3. The molecular formula is C19H27N3O4S. The average molecular weight is 394 g/mol. The standard InChI is InChI=1S/C19H27N3O4S/c1-21(12-17-4-2-8-25-17)11-16-10-20-19(27(23,24)14-15-6-7-15)22(16)13-18-5-3-9-26-18/h2,4,8,10,15,18H,3,5-7,9,11-14H2,1H3/t18-/m1/s1. The molecule has 0 radical (unpaired) electrons. The van der Waals surface area contributed by atoms with Gasteiger partial charge in [0.05, 0.1) is 43.1 Å². The first-order chi connectivity index (χ1) is 13.0. The minimum absolute atomic E-state index is 0.0585. The van der Waals surface area contributed by atoms with Gasteiger partial charge < -0.3 is 13.7 Å². The molecule has 1 saturated carbocycles. The number of sulfone groups is 1. The molecule has 1 saturated heterocycles. The van der Waals surface area contributed by atoms with Crippen molar-refractivity contribution in [2.45, 2.75) is 56.6 Å². The summed E-state index contributed by atoms with van der Waals surface area (Å²) in [6.07, 6.45) is 7.41. The largest absolute Gasteiger partial charge is 0.468 e. The molecule has 1 aliphatic heterocycles. The Bertz CT molecular complexity index is 850. The highest BCUT2D eigenvalue weighted by atomic mass is 32.2. The highest BCUT2D eigenvalue weighted by Crippen LogP contribution is 2.32. The molecule has 0 unspecified atom stereocenters. The average Bonchev–Trinajstić information content (AvgIpc) is 3.05. The van der Waals surface area contributed by atoms with Crippen LogP contribution in [0.2, 0.25) is 0 Å². The normalized spacial score (nSPS) is 20.6. The van der Waals surface area contributed by atoms with Crippen molar-refractivity contribution in [2.75, 3.05) is 19.4 Å². The second-order valence-corrected chi connectivity index (χ2v) is 9.68. The Kier molecular flexibility index (Phi) is 5.39. The summed E-state index contributed by atoms with van der Waals surface area (Å²) in [5.41, 5.74) is 0.897. The van der Waals surface area contributed by atoms with Gasteiger partial charge in [-0.05, 0) is 50.8 Å². The monoisotopic (exact) mass is 393 g/mol. The first-order valence-electron chi connectivity index (χ1n) is 9.61. The van der Waals surface area contributed by atoms with Crippen molar-refractivity contribution in [3.63, 3.8) is 0 Å². The number of rotatable bonds is 9. The van der Waals surface area contributed by atoms with E-state index >= 15 is 0 Å². The molecule has 0 spiro atoms. The fourth-order valence-corrected chi connectivity index (χ4v) is 5.47. The summed E-state index contributed by atoms with van der Waals surface area (Å²) in [6, 6.07) is 3.80. The lowest BCUT2D eigenvalue weighted by Gasteiger charge is -2.19. The Balaban J connectivity index is 1.55. The van der Waals surface area contributed by atoms with Gasteiger partial charge in [-0.1, -0.05) is 0 Å². The van der Waals surface area contributed by atoms with Crippen LogP contribution in [-0.2, 0) is 34.2 Å². The zero-order chi connectivity index (χ0) is 18.9. The predicted octanol–water partition coefficient (Wildman–Crippen LogP) is 2.47. The third-order valence-corrected chi connectivity index (χ3v) is 6.97. The van der Waals surface area contributed by atoms with E-state index in [0.29, 0.717) is 25.6 Å². The molecule has 2 fully saturated rings. The Labute approximate surface area is 160 Å². The van der Waals surface area contributed by atoms with Gasteiger partial charge in [-0.15, -0.1) is 0 Å². The molecular weight excluding hydrogens is 366 g/mol. The topological polar surface area (TPSA) is 77.6 Å². The van der Waals surface area contributed by atoms with Gasteiger partial charge in [0, 0.05) is 13.2 Å². The van der Waals surface area contributed by atoms with Crippen molar-refractivity contribution in [2.24, 2.45) is 5.92 Å². The maximum absolute atomic E-state index is 12.9. The van der Waals surface area contributed by atoms with Gasteiger partial charge in [-0.25, -0.2) is 13.4 Å². The molecule has 0 bridgehead atoms. The van der Waals surface area contributed by atoms with E-state index in [-0.39, 0.29) is 17.0 Å². The molecule has 2 aromatic rings. The van der Waals surface area contributed by atoms with E-state index < -0.39 is 9.84 Å². The van der Waals surface area contributed by atoms with Crippen molar-refractivity contribution in [1.82, 2.24) is 14.5 Å². The van der Waals surface area contributed by atoms with Gasteiger partial charge in [0.2, 0.25) is 15.0 Å². The van der Waals surface area contributed by atoms with Gasteiger partial charge in [0.25, 0.3) is 0 Å². The van der Waals surface area contributed by atoms with Gasteiger partial charge in [0.1, 0.15) is 5.76 Å². The van der Waals surface area contributed by atoms with Crippen molar-refractivity contribution in [1.29, 1.82) is 0 Å². The first kappa shape index (κ1) is 18.7. The van der Waals surface area contributed by atoms with E-state index in [9.17, 15) is 8.42 Å². The number of aromatic nitrogens is 2. The van der Waals surface area contributed by atoms with Gasteiger partial charge >= 0.3 is 0 Å². The highest BCUT2D eigenvalue weighted by Gasteiger charge is 2.33. The molecule has 7 nitrogen and oxygen atoms in total. The fraction of sp³-hybridized carbons (Fsp3) is 0.632. The minimum Gasteiger partial charge on any atom is -0.468 e. The molecule has 2 aromatic heterocycles. The Morgan fingerprint density at radius 1 is 1.30 bits per heavy atom. The van der Waals surface area contributed by atoms with Crippen LogP contribution in [0.3, 0.4) is 0 Å². The van der Waals surface area contributed by atoms with Crippen LogP contribution in [0, 0.1) is 5.92 Å². The Morgan fingerprint density at radius 2 is 2.15 bits per heavy atom. The summed E-state index contributed by atoms with van der Waals surface area (Å²) in [6.45, 7) is 2.54. The van der Waals surface area contributed by atoms with Crippen molar-refractivity contribution < 1.29 is 17.6 Å². The number of furan rings is 1. The van der Waals surface area contributed by atoms with E-state index in [0.717, 1.165) is 43.7 Å². The zero-order valence-electron chi connectivity index (χ0n) is 15.7. The van der Waals surface area contributed by atoms with Crippen LogP contribution in [0.5, 0.6) is 0 Å². The SMILES string of the molecule is CN(Cc1ccco1)Cc1cnc(S(=O)(=O)CC2CC2)n1C[C@H]1CCCO1. The number of nitrogens with zero attached hydrogens (tertiary/aromatic N) is 3. The molecule has 2 aliphatic rings. The molecule has 148 valence electrons. The van der Waals surface area contributed by atoms with Gasteiger partial charge in [-0.2, -0.15) is 0 Å². The van der Waals surface area contributed by atoms with E-state index in [1.54, 1.807) is 12.5 Å². The molecule has 0 N–H and O–H groups in total. The van der Waals surface area contributed by atoms with Gasteiger partial charge in [0.15, 0.2) is 0 Å². The number of hydrogen-bond donors (Lipinski definition) is 0. The number of imidazole rings is 1. The predicted molar refractivity (Wildman–Crippen MR) is 99.9 cm³/mol. The third kappa shape index (κ3) is 4.62. The van der Waals surface area contributed by atoms with Crippen LogP contribution >= 0.6 is 0 Å². The molecule has 1 atom stereocenters. The molecule has 8 heteroatoms. The lowest BCUT2D eigenvalue weighted by Crippen LogP contribution is -2.25. The van der Waals surface area contributed by atoms with Gasteiger partial charge in [-0.3, -0.25) is 4.90 Å². The quantitative estimate of drug-likeness (QED) is 0.651. The zero-order valence-corrected chi connectivity index (χ0v) is 16.5. The van der Waals surface area contributed by atoms with Crippen LogP contribution in [0.4, 0.5) is 0 Å². The van der Waals surface area contributed by atoms with Crippen LogP contribution < -0.4 is 0 Å². The summed E-state index contributed by atoms with van der Waals surface area (Å²) >= 11 is 0. The maximum atomic E-state index is 12.9. The highest BCUT2D eigenvalue weighted by molar-refractivity contribution is 7.91. The lowest BCUT2D eigenvalue weighted by molar-refractivity contribution is 0.0933. The summed E-state index contributed by atoms with van der Waals surface area (Å²) in [4.78, 5) is 6.43. The van der Waals surface area contributed by atoms with Crippen molar-refractivity contribution in [3.05, 3.63) is 36.0 Å². The lowest BCUT2D eigenvalue weighted by atomic mass is 10.2. The summed E-state index contributed by atoms with van der Waals surface area (Å²) in [5.74, 6) is 1.38. The molecule has 1 aliphatic carbocycles. The maximum Gasteiger partial charge on any atom is 0.227 e. The molecule has 4 rings (SSSR count). The van der Waals surface area contributed by atoms with E-state index in [1.807, 2.05) is 23.7 Å². The molecule has 0 amide bonds. The third-order valence-electron chi connectivity index (χ3n) is 5.18. The van der Waals surface area contributed by atoms with E-state index in [4.69, 9.17) is 9.15 Å². The number of ether oxygens (including phenoxy) is 1. The Hall–Kier alpha value is -1.64. The minimum atomic E-state index is -3.37. The summed E-state index contributed by atoms with van der Waals surface area (Å²) < 4.78 is 38.8. The van der Waals surface area contributed by atoms with Crippen LogP contribution in [-0.4, -0.2) is 48.4 Å². The van der Waals surface area contributed by atoms with Crippen molar-refractivity contribution in [3.8, 4) is 0 Å². The van der Waals surface area contributed by atoms with Crippen LogP contribution in [0.25, 0.3) is 0 Å². The summed E-state index contributed by atoms with van der Waals surface area (Å²) in [7, 11) is -1.38. The Morgan fingerprint density at radius 3 is 2.81 bits per heavy atom. The van der Waals surface area contributed by atoms with Crippen LogP contribution in [0.1, 0.15) is 37.1 Å². The molecule has 3 heterocycles. The second kappa shape index (κ2) is 7.77. The molecule has 27 heavy (non-hydrogen) atoms. The van der Waals surface area contributed by atoms with E-state index in [2.05, 4.69) is 9.88 Å². The second-order valence-electron chi connectivity index (χ2n) is 7.75. The summed E-state index contributed by atoms with van der Waals surface area (Å²) in [5, 5.41) is 0.200. The van der Waals surface area contributed by atoms with E-state index in [1.165, 1.54) is 0 Å². The van der Waals surface area contributed by atoms with Crippen LogP contribution in [0.15, 0.2) is 34.2 Å². The van der Waals surface area contributed by atoms with Crippen molar-refractivity contribution >= 4 is 9.84 Å². The molecule has 0 aromatic carbocycles. The smallest absolute Gasteiger partial charge is 0.227 e.